The molecule has 22 heavy (non-hydrogen) atoms. The number of furan rings is 1. The third-order valence-corrected chi connectivity index (χ3v) is 3.20. The Morgan fingerprint density at radius 2 is 2.14 bits per heavy atom. The van der Waals surface area contributed by atoms with E-state index >= 15 is 0 Å². The summed E-state index contributed by atoms with van der Waals surface area (Å²) in [5.74, 6) is 2.15. The van der Waals surface area contributed by atoms with E-state index in [1.165, 1.54) is 0 Å². The van der Waals surface area contributed by atoms with Crippen LogP contribution in [-0.2, 0) is 16.1 Å². The Morgan fingerprint density at radius 3 is 2.82 bits per heavy atom. The maximum atomic E-state index is 11.8. The van der Waals surface area contributed by atoms with Gasteiger partial charge in [-0.15, -0.1) is 0 Å². The molecule has 0 unspecified atom stereocenters. The lowest BCUT2D eigenvalue weighted by Gasteiger charge is -2.12. The molecule has 1 aromatic heterocycles. The van der Waals surface area contributed by atoms with Gasteiger partial charge in [0.2, 0.25) is 5.91 Å². The highest BCUT2D eigenvalue weighted by atomic mass is 16.5. The summed E-state index contributed by atoms with van der Waals surface area (Å²) in [6.45, 7) is 4.10. The van der Waals surface area contributed by atoms with Crippen molar-refractivity contribution < 1.29 is 18.7 Å². The smallest absolute Gasteiger partial charge is 0.246 e. The molecule has 0 aliphatic carbocycles. The summed E-state index contributed by atoms with van der Waals surface area (Å²) in [5.41, 5.74) is 0.960. The first-order chi connectivity index (χ1) is 10.6. The van der Waals surface area contributed by atoms with Crippen molar-refractivity contribution in [1.82, 2.24) is 5.32 Å². The van der Waals surface area contributed by atoms with Crippen LogP contribution in [0.2, 0.25) is 0 Å². The van der Waals surface area contributed by atoms with E-state index in [1.54, 1.807) is 7.11 Å². The van der Waals surface area contributed by atoms with E-state index in [1.807, 2.05) is 50.2 Å². The summed E-state index contributed by atoms with van der Waals surface area (Å²) in [7, 11) is 1.62. The molecule has 1 N–H and O–H groups in total. The first-order valence-corrected chi connectivity index (χ1v) is 7.15. The summed E-state index contributed by atoms with van der Waals surface area (Å²) < 4.78 is 16.0. The Morgan fingerprint density at radius 1 is 1.32 bits per heavy atom. The van der Waals surface area contributed by atoms with E-state index in [-0.39, 0.29) is 18.6 Å². The normalized spacial score (nSPS) is 12.0. The van der Waals surface area contributed by atoms with Crippen molar-refractivity contribution in [2.45, 2.75) is 26.5 Å². The first-order valence-electron chi connectivity index (χ1n) is 7.15. The van der Waals surface area contributed by atoms with Crippen LogP contribution in [0, 0.1) is 6.92 Å². The van der Waals surface area contributed by atoms with Crippen molar-refractivity contribution in [2.75, 3.05) is 13.7 Å². The number of benzene rings is 1. The zero-order chi connectivity index (χ0) is 15.9. The van der Waals surface area contributed by atoms with Crippen LogP contribution in [-0.4, -0.2) is 19.6 Å². The number of rotatable bonds is 7. The minimum absolute atomic E-state index is 0.00123. The van der Waals surface area contributed by atoms with Crippen LogP contribution in [0.1, 0.15) is 30.0 Å². The predicted octanol–water partition coefficient (Wildman–Crippen LogP) is 2.99. The number of ether oxygens (including phenoxy) is 2. The third kappa shape index (κ3) is 4.63. The summed E-state index contributed by atoms with van der Waals surface area (Å²) in [6.07, 6.45) is 0. The molecule has 0 fully saturated rings. The fraction of sp³-hybridized carbons (Fsp3) is 0.353. The molecular weight excluding hydrogens is 282 g/mol. The second-order valence-corrected chi connectivity index (χ2v) is 5.08. The second kappa shape index (κ2) is 7.66. The number of amides is 1. The standard InChI is InChI=1S/C17H21NO4/c1-12-7-8-16(22-12)13(2)18-17(19)11-21-10-14-5-4-6-15(9-14)20-3/h4-9,13H,10-11H2,1-3H3,(H,18,19)/t13-/m1/s1. The van der Waals surface area contributed by atoms with Crippen LogP contribution in [0.4, 0.5) is 0 Å². The highest BCUT2D eigenvalue weighted by molar-refractivity contribution is 5.77. The minimum atomic E-state index is -0.179. The van der Waals surface area contributed by atoms with Crippen molar-refractivity contribution in [3.63, 3.8) is 0 Å². The van der Waals surface area contributed by atoms with E-state index in [0.29, 0.717) is 6.61 Å². The third-order valence-electron chi connectivity index (χ3n) is 3.20. The number of hydrogen-bond donors (Lipinski definition) is 1. The second-order valence-electron chi connectivity index (χ2n) is 5.08. The topological polar surface area (TPSA) is 60.7 Å². The van der Waals surface area contributed by atoms with Gasteiger partial charge < -0.3 is 19.2 Å². The lowest BCUT2D eigenvalue weighted by molar-refractivity contribution is -0.126. The van der Waals surface area contributed by atoms with E-state index in [2.05, 4.69) is 5.32 Å². The fourth-order valence-corrected chi connectivity index (χ4v) is 2.06. The van der Waals surface area contributed by atoms with Crippen molar-refractivity contribution in [1.29, 1.82) is 0 Å². The van der Waals surface area contributed by atoms with Gasteiger partial charge >= 0.3 is 0 Å². The molecule has 5 nitrogen and oxygen atoms in total. The maximum absolute atomic E-state index is 11.8. The minimum Gasteiger partial charge on any atom is -0.497 e. The Hall–Kier alpha value is -2.27. The Balaban J connectivity index is 1.75. The van der Waals surface area contributed by atoms with E-state index < -0.39 is 0 Å². The Labute approximate surface area is 130 Å². The van der Waals surface area contributed by atoms with Gasteiger partial charge in [-0.3, -0.25) is 4.79 Å². The Bertz CT molecular complexity index is 621. The molecule has 0 aliphatic heterocycles. The number of methoxy groups -OCH3 is 1. The average molecular weight is 303 g/mol. The molecule has 0 spiro atoms. The lowest BCUT2D eigenvalue weighted by atomic mass is 10.2. The van der Waals surface area contributed by atoms with Crippen LogP contribution in [0.5, 0.6) is 5.75 Å². The van der Waals surface area contributed by atoms with E-state index in [0.717, 1.165) is 22.8 Å². The number of carbonyl (C=O) groups is 1. The maximum Gasteiger partial charge on any atom is 0.246 e. The van der Waals surface area contributed by atoms with Gasteiger partial charge in [0.25, 0.3) is 0 Å². The molecule has 1 atom stereocenters. The predicted molar refractivity (Wildman–Crippen MR) is 82.7 cm³/mol. The molecular formula is C17H21NO4. The highest BCUT2D eigenvalue weighted by Crippen LogP contribution is 2.15. The molecule has 2 rings (SSSR count). The molecule has 0 bridgehead atoms. The monoisotopic (exact) mass is 303 g/mol. The van der Waals surface area contributed by atoms with Crippen molar-refractivity contribution in [2.24, 2.45) is 0 Å². The van der Waals surface area contributed by atoms with Gasteiger partial charge in [-0.1, -0.05) is 12.1 Å². The van der Waals surface area contributed by atoms with Crippen LogP contribution < -0.4 is 10.1 Å². The van der Waals surface area contributed by atoms with Gasteiger partial charge in [-0.25, -0.2) is 0 Å². The molecule has 5 heteroatoms. The summed E-state index contributed by atoms with van der Waals surface area (Å²) >= 11 is 0. The van der Waals surface area contributed by atoms with Crippen molar-refractivity contribution >= 4 is 5.91 Å². The van der Waals surface area contributed by atoms with Gasteiger partial charge in [-0.05, 0) is 43.7 Å². The van der Waals surface area contributed by atoms with Gasteiger partial charge in [0, 0.05) is 0 Å². The molecule has 2 aromatic rings. The van der Waals surface area contributed by atoms with Crippen LogP contribution in [0.15, 0.2) is 40.8 Å². The van der Waals surface area contributed by atoms with Gasteiger partial charge in [0.15, 0.2) is 0 Å². The number of aryl methyl sites for hydroxylation is 1. The number of carbonyl (C=O) groups excluding carboxylic acids is 1. The molecule has 118 valence electrons. The molecule has 0 saturated carbocycles. The van der Waals surface area contributed by atoms with Crippen LogP contribution in [0.3, 0.4) is 0 Å². The first kappa shape index (κ1) is 16.1. The Kier molecular flexibility index (Phi) is 5.61. The van der Waals surface area contributed by atoms with Crippen LogP contribution in [0.25, 0.3) is 0 Å². The molecule has 1 aromatic carbocycles. The van der Waals surface area contributed by atoms with Crippen LogP contribution >= 0.6 is 0 Å². The fourth-order valence-electron chi connectivity index (χ4n) is 2.06. The van der Waals surface area contributed by atoms with Crippen molar-refractivity contribution in [3.8, 4) is 5.75 Å². The van der Waals surface area contributed by atoms with E-state index in [4.69, 9.17) is 13.9 Å². The van der Waals surface area contributed by atoms with Gasteiger partial charge in [0.05, 0.1) is 19.8 Å². The molecule has 0 aliphatic rings. The molecule has 0 saturated heterocycles. The summed E-state index contributed by atoms with van der Waals surface area (Å²) in [6, 6.07) is 11.1. The molecule has 1 heterocycles. The van der Waals surface area contributed by atoms with Gasteiger partial charge in [-0.2, -0.15) is 0 Å². The zero-order valence-corrected chi connectivity index (χ0v) is 13.1. The molecule has 1 amide bonds. The largest absolute Gasteiger partial charge is 0.497 e. The summed E-state index contributed by atoms with van der Waals surface area (Å²) in [4.78, 5) is 11.8. The molecule has 0 radical (unpaired) electrons. The van der Waals surface area contributed by atoms with Crippen molar-refractivity contribution in [3.05, 3.63) is 53.5 Å². The quantitative estimate of drug-likeness (QED) is 0.854. The lowest BCUT2D eigenvalue weighted by Crippen LogP contribution is -2.29. The number of nitrogens with one attached hydrogen (secondary N) is 1. The number of hydrogen-bond acceptors (Lipinski definition) is 4. The van der Waals surface area contributed by atoms with Gasteiger partial charge in [0.1, 0.15) is 23.9 Å². The van der Waals surface area contributed by atoms with E-state index in [9.17, 15) is 4.79 Å². The SMILES string of the molecule is COc1cccc(COCC(=O)N[C@H](C)c2ccc(C)o2)c1. The average Bonchev–Trinajstić information content (AvgIpc) is 2.94. The zero-order valence-electron chi connectivity index (χ0n) is 13.1. The summed E-state index contributed by atoms with van der Waals surface area (Å²) in [5, 5.41) is 2.84. The highest BCUT2D eigenvalue weighted by Gasteiger charge is 2.12.